The Morgan fingerprint density at radius 3 is 2.32 bits per heavy atom. The van der Waals surface area contributed by atoms with Gasteiger partial charge < -0.3 is 4.74 Å². The summed E-state index contributed by atoms with van der Waals surface area (Å²) in [5.74, 6) is 0.649. The molecule has 0 aliphatic heterocycles. The second-order valence-electron chi connectivity index (χ2n) is 4.87. The molecule has 0 amide bonds. The molecule has 22 heavy (non-hydrogen) atoms. The largest absolute Gasteiger partial charge is 0.496 e. The summed E-state index contributed by atoms with van der Waals surface area (Å²) in [7, 11) is -0.595. The number of benzene rings is 2. The van der Waals surface area contributed by atoms with Crippen LogP contribution in [0.2, 0.25) is 5.02 Å². The maximum Gasteiger partial charge on any atom is 0.244 e. The molecule has 0 saturated carbocycles. The molecule has 1 unspecified atom stereocenters. The number of hydrogen-bond donors (Lipinski definition) is 0. The molecule has 0 spiro atoms. The van der Waals surface area contributed by atoms with Crippen molar-refractivity contribution in [1.29, 1.82) is 0 Å². The molecule has 2 aromatic rings. The van der Waals surface area contributed by atoms with Gasteiger partial charge in [0.1, 0.15) is 10.6 Å². The molecule has 0 aliphatic carbocycles. The van der Waals surface area contributed by atoms with Crippen molar-refractivity contribution in [2.45, 2.75) is 17.9 Å². The zero-order chi connectivity index (χ0) is 16.3. The number of halogens is 1. The summed E-state index contributed by atoms with van der Waals surface area (Å²) in [6.07, 6.45) is 0. The quantitative estimate of drug-likeness (QED) is 0.833. The van der Waals surface area contributed by atoms with Crippen LogP contribution in [0.5, 0.6) is 5.75 Å². The van der Waals surface area contributed by atoms with E-state index in [1.54, 1.807) is 25.3 Å². The molecule has 0 bridgehead atoms. The van der Waals surface area contributed by atoms with Gasteiger partial charge in [0.25, 0.3) is 0 Å². The van der Waals surface area contributed by atoms with E-state index in [1.165, 1.54) is 17.4 Å². The molecular formula is C16H18ClNO3S. The van der Waals surface area contributed by atoms with Gasteiger partial charge in [0.15, 0.2) is 0 Å². The van der Waals surface area contributed by atoms with Crippen LogP contribution in [0.25, 0.3) is 0 Å². The third kappa shape index (κ3) is 3.11. The summed E-state index contributed by atoms with van der Waals surface area (Å²) < 4.78 is 32.1. The lowest BCUT2D eigenvalue weighted by atomic mass is 10.1. The van der Waals surface area contributed by atoms with E-state index in [9.17, 15) is 8.42 Å². The predicted octanol–water partition coefficient (Wildman–Crippen LogP) is 3.73. The smallest absolute Gasteiger partial charge is 0.244 e. The second kappa shape index (κ2) is 6.69. The minimum atomic E-state index is -3.70. The Balaban J connectivity index is 2.42. The summed E-state index contributed by atoms with van der Waals surface area (Å²) >= 11 is 6.03. The fraction of sp³-hybridized carbons (Fsp3) is 0.250. The minimum Gasteiger partial charge on any atom is -0.496 e. The number of para-hydroxylation sites is 1. The topological polar surface area (TPSA) is 46.6 Å². The molecular weight excluding hydrogens is 322 g/mol. The van der Waals surface area contributed by atoms with Gasteiger partial charge in [-0.05, 0) is 25.1 Å². The highest BCUT2D eigenvalue weighted by atomic mass is 35.5. The van der Waals surface area contributed by atoms with E-state index in [1.807, 2.05) is 31.2 Å². The maximum atomic E-state index is 12.8. The van der Waals surface area contributed by atoms with E-state index in [4.69, 9.17) is 16.3 Å². The first-order valence-electron chi connectivity index (χ1n) is 6.75. The van der Waals surface area contributed by atoms with Crippen molar-refractivity contribution in [2.75, 3.05) is 14.2 Å². The van der Waals surface area contributed by atoms with Crippen LogP contribution in [0.1, 0.15) is 18.5 Å². The van der Waals surface area contributed by atoms with Crippen LogP contribution in [-0.4, -0.2) is 26.9 Å². The zero-order valence-electron chi connectivity index (χ0n) is 12.7. The van der Waals surface area contributed by atoms with Crippen LogP contribution >= 0.6 is 11.6 Å². The first-order valence-corrected chi connectivity index (χ1v) is 8.57. The van der Waals surface area contributed by atoms with Crippen LogP contribution in [0.3, 0.4) is 0 Å². The number of nitrogens with zero attached hydrogens (tertiary/aromatic N) is 1. The maximum absolute atomic E-state index is 12.8. The fourth-order valence-electron chi connectivity index (χ4n) is 2.22. The first-order chi connectivity index (χ1) is 10.4. The lowest BCUT2D eigenvalue weighted by Gasteiger charge is -2.26. The van der Waals surface area contributed by atoms with Crippen molar-refractivity contribution in [3.8, 4) is 5.75 Å². The molecule has 0 heterocycles. The van der Waals surface area contributed by atoms with E-state index in [0.29, 0.717) is 5.75 Å². The number of ether oxygens (including phenoxy) is 1. The molecule has 0 aliphatic rings. The molecule has 0 radical (unpaired) electrons. The van der Waals surface area contributed by atoms with E-state index in [2.05, 4.69) is 0 Å². The first kappa shape index (κ1) is 16.8. The summed E-state index contributed by atoms with van der Waals surface area (Å²) in [6, 6.07) is 13.4. The highest BCUT2D eigenvalue weighted by molar-refractivity contribution is 7.89. The zero-order valence-corrected chi connectivity index (χ0v) is 14.2. The number of methoxy groups -OCH3 is 1. The Hall–Kier alpha value is -1.56. The molecule has 6 heteroatoms. The average molecular weight is 340 g/mol. The molecule has 4 nitrogen and oxygen atoms in total. The van der Waals surface area contributed by atoms with Gasteiger partial charge in [0.2, 0.25) is 10.0 Å². The van der Waals surface area contributed by atoms with Gasteiger partial charge in [-0.15, -0.1) is 0 Å². The molecule has 1 atom stereocenters. The summed E-state index contributed by atoms with van der Waals surface area (Å²) in [5, 5.41) is 0.210. The van der Waals surface area contributed by atoms with Gasteiger partial charge >= 0.3 is 0 Å². The molecule has 2 rings (SSSR count). The second-order valence-corrected chi connectivity index (χ2v) is 7.24. The van der Waals surface area contributed by atoms with Gasteiger partial charge in [-0.25, -0.2) is 8.42 Å². The van der Waals surface area contributed by atoms with E-state index in [0.717, 1.165) is 5.56 Å². The van der Waals surface area contributed by atoms with Crippen LogP contribution < -0.4 is 4.74 Å². The summed E-state index contributed by atoms with van der Waals surface area (Å²) in [5.41, 5.74) is 0.795. The van der Waals surface area contributed by atoms with Crippen LogP contribution in [-0.2, 0) is 10.0 Å². The number of hydrogen-bond acceptors (Lipinski definition) is 3. The van der Waals surface area contributed by atoms with Crippen molar-refractivity contribution in [3.05, 3.63) is 59.1 Å². The van der Waals surface area contributed by atoms with Crippen LogP contribution in [0, 0.1) is 0 Å². The van der Waals surface area contributed by atoms with E-state index >= 15 is 0 Å². The average Bonchev–Trinajstić information content (AvgIpc) is 2.53. The summed E-state index contributed by atoms with van der Waals surface area (Å²) in [4.78, 5) is 0.0981. The van der Waals surface area contributed by atoms with Gasteiger partial charge in [-0.1, -0.05) is 41.9 Å². The van der Waals surface area contributed by atoms with Crippen molar-refractivity contribution >= 4 is 21.6 Å². The Labute approximate surface area is 136 Å². The van der Waals surface area contributed by atoms with Crippen LogP contribution in [0.4, 0.5) is 0 Å². The van der Waals surface area contributed by atoms with Crippen molar-refractivity contribution in [3.63, 3.8) is 0 Å². The lowest BCUT2D eigenvalue weighted by Crippen LogP contribution is -2.30. The molecule has 0 N–H and O–H groups in total. The number of rotatable bonds is 5. The predicted molar refractivity (Wildman–Crippen MR) is 87.8 cm³/mol. The van der Waals surface area contributed by atoms with E-state index in [-0.39, 0.29) is 9.92 Å². The molecule has 118 valence electrons. The number of sulfonamides is 1. The monoisotopic (exact) mass is 339 g/mol. The van der Waals surface area contributed by atoms with Gasteiger partial charge in [0, 0.05) is 12.6 Å². The molecule has 0 aromatic heterocycles. The standard InChI is InChI=1S/C16H18ClNO3S/c1-12(13-8-4-6-10-15(13)21-3)18(2)22(19,20)16-11-7-5-9-14(16)17/h4-12H,1-3H3. The highest BCUT2D eigenvalue weighted by Gasteiger charge is 2.29. The van der Waals surface area contributed by atoms with Gasteiger partial charge in [-0.2, -0.15) is 4.31 Å². The molecule has 0 saturated heterocycles. The molecule has 0 fully saturated rings. The van der Waals surface area contributed by atoms with Crippen molar-refractivity contribution in [2.24, 2.45) is 0 Å². The normalized spacial score (nSPS) is 13.1. The van der Waals surface area contributed by atoms with Crippen LogP contribution in [0.15, 0.2) is 53.4 Å². The third-order valence-electron chi connectivity index (χ3n) is 3.63. The van der Waals surface area contributed by atoms with E-state index < -0.39 is 16.1 Å². The fourth-order valence-corrected chi connectivity index (χ4v) is 4.06. The Morgan fingerprint density at radius 1 is 1.09 bits per heavy atom. The summed E-state index contributed by atoms with van der Waals surface area (Å²) in [6.45, 7) is 1.81. The van der Waals surface area contributed by atoms with Gasteiger partial charge in [0.05, 0.1) is 18.2 Å². The Kier molecular flexibility index (Phi) is 5.11. The minimum absolute atomic E-state index is 0.0981. The lowest BCUT2D eigenvalue weighted by molar-refractivity contribution is 0.367. The van der Waals surface area contributed by atoms with Crippen molar-refractivity contribution in [1.82, 2.24) is 4.31 Å². The molecule has 2 aromatic carbocycles. The highest BCUT2D eigenvalue weighted by Crippen LogP contribution is 2.33. The third-order valence-corrected chi connectivity index (χ3v) is 6.06. The van der Waals surface area contributed by atoms with Crippen molar-refractivity contribution < 1.29 is 13.2 Å². The Morgan fingerprint density at radius 2 is 1.68 bits per heavy atom. The Bertz CT molecular complexity index is 761. The SMILES string of the molecule is COc1ccccc1C(C)N(C)S(=O)(=O)c1ccccc1Cl. The van der Waals surface area contributed by atoms with Gasteiger partial charge in [-0.3, -0.25) is 0 Å².